The molecule has 100 valence electrons. The molecule has 1 aromatic carbocycles. The lowest BCUT2D eigenvalue weighted by Crippen LogP contribution is -2.23. The van der Waals surface area contributed by atoms with Gasteiger partial charge in [-0.05, 0) is 24.9 Å². The Morgan fingerprint density at radius 2 is 2.22 bits per heavy atom. The molecule has 0 spiro atoms. The van der Waals surface area contributed by atoms with E-state index in [1.807, 2.05) is 0 Å². The maximum atomic E-state index is 11.3. The Labute approximate surface area is 112 Å². The van der Waals surface area contributed by atoms with Gasteiger partial charge in [-0.25, -0.2) is 8.42 Å². The number of rotatable bonds is 4. The molecule has 0 bridgehead atoms. The molecule has 0 radical (unpaired) electrons. The summed E-state index contributed by atoms with van der Waals surface area (Å²) in [6.45, 7) is 1.13. The first-order valence-electron chi connectivity index (χ1n) is 5.85. The van der Waals surface area contributed by atoms with Gasteiger partial charge in [0.15, 0.2) is 9.84 Å². The molecule has 1 saturated heterocycles. The highest BCUT2D eigenvalue weighted by molar-refractivity contribution is 7.91. The van der Waals surface area contributed by atoms with Crippen molar-refractivity contribution in [3.8, 4) is 5.75 Å². The Morgan fingerprint density at radius 3 is 2.89 bits per heavy atom. The maximum Gasteiger partial charge on any atom is 0.150 e. The first kappa shape index (κ1) is 13.6. The number of nitrogens with one attached hydrogen (secondary N) is 1. The summed E-state index contributed by atoms with van der Waals surface area (Å²) in [6, 6.07) is 5.20. The second kappa shape index (κ2) is 5.47. The van der Waals surface area contributed by atoms with E-state index in [9.17, 15) is 13.5 Å². The van der Waals surface area contributed by atoms with Gasteiger partial charge in [0.1, 0.15) is 5.75 Å². The van der Waals surface area contributed by atoms with Crippen molar-refractivity contribution in [2.75, 3.05) is 18.1 Å². The zero-order valence-corrected chi connectivity index (χ0v) is 11.5. The van der Waals surface area contributed by atoms with Crippen molar-refractivity contribution in [1.29, 1.82) is 0 Å². The lowest BCUT2D eigenvalue weighted by Gasteiger charge is -2.11. The monoisotopic (exact) mass is 289 g/mol. The lowest BCUT2D eigenvalue weighted by molar-refractivity contribution is 0.459. The summed E-state index contributed by atoms with van der Waals surface area (Å²) in [7, 11) is -2.82. The van der Waals surface area contributed by atoms with Gasteiger partial charge in [0.2, 0.25) is 0 Å². The predicted octanol–water partition coefficient (Wildman–Crippen LogP) is 1.57. The highest BCUT2D eigenvalue weighted by Crippen LogP contribution is 2.26. The highest BCUT2D eigenvalue weighted by atomic mass is 35.5. The third-order valence-electron chi connectivity index (χ3n) is 3.15. The summed E-state index contributed by atoms with van der Waals surface area (Å²) >= 11 is 5.80. The van der Waals surface area contributed by atoms with Crippen molar-refractivity contribution in [2.45, 2.75) is 13.0 Å². The van der Waals surface area contributed by atoms with Crippen LogP contribution in [-0.2, 0) is 16.4 Å². The van der Waals surface area contributed by atoms with Crippen LogP contribution in [0.25, 0.3) is 0 Å². The summed E-state index contributed by atoms with van der Waals surface area (Å²) < 4.78 is 22.6. The average molecular weight is 290 g/mol. The van der Waals surface area contributed by atoms with Crippen LogP contribution in [0.5, 0.6) is 5.75 Å². The third-order valence-corrected chi connectivity index (χ3v) is 5.29. The normalized spacial score (nSPS) is 22.2. The summed E-state index contributed by atoms with van der Waals surface area (Å²) in [5.74, 6) is 0.825. The van der Waals surface area contributed by atoms with Gasteiger partial charge >= 0.3 is 0 Å². The molecular formula is C12H16ClNO3S. The van der Waals surface area contributed by atoms with E-state index in [1.165, 1.54) is 0 Å². The third kappa shape index (κ3) is 3.37. The van der Waals surface area contributed by atoms with Crippen molar-refractivity contribution < 1.29 is 13.5 Å². The molecule has 2 rings (SSSR count). The molecule has 0 saturated carbocycles. The van der Waals surface area contributed by atoms with Crippen LogP contribution < -0.4 is 5.32 Å². The van der Waals surface area contributed by atoms with Crippen LogP contribution in [0.3, 0.4) is 0 Å². The van der Waals surface area contributed by atoms with Gasteiger partial charge in [-0.15, -0.1) is 0 Å². The van der Waals surface area contributed by atoms with Crippen molar-refractivity contribution in [1.82, 2.24) is 5.32 Å². The summed E-state index contributed by atoms with van der Waals surface area (Å²) in [6.07, 6.45) is 0.719. The number of sulfone groups is 1. The molecule has 0 aliphatic carbocycles. The SMILES string of the molecule is O=S1(=O)CCC(CNCc2cccc(Cl)c2O)C1. The Hall–Kier alpha value is -0.780. The van der Waals surface area contributed by atoms with Gasteiger partial charge in [-0.1, -0.05) is 23.7 Å². The summed E-state index contributed by atoms with van der Waals surface area (Å²) in [4.78, 5) is 0. The fraction of sp³-hybridized carbons (Fsp3) is 0.500. The minimum absolute atomic E-state index is 0.0886. The summed E-state index contributed by atoms with van der Waals surface area (Å²) in [5, 5.41) is 13.2. The number of para-hydroxylation sites is 1. The van der Waals surface area contributed by atoms with Gasteiger partial charge in [0, 0.05) is 12.1 Å². The van der Waals surface area contributed by atoms with E-state index in [2.05, 4.69) is 5.32 Å². The Balaban J connectivity index is 1.84. The van der Waals surface area contributed by atoms with Gasteiger partial charge in [0.25, 0.3) is 0 Å². The number of benzene rings is 1. The van der Waals surface area contributed by atoms with Gasteiger partial charge in [-0.2, -0.15) is 0 Å². The first-order valence-corrected chi connectivity index (χ1v) is 8.05. The molecular weight excluding hydrogens is 274 g/mol. The minimum Gasteiger partial charge on any atom is -0.506 e. The van der Waals surface area contributed by atoms with E-state index in [0.717, 1.165) is 12.0 Å². The molecule has 1 heterocycles. The number of phenols is 1. The molecule has 1 fully saturated rings. The van der Waals surface area contributed by atoms with E-state index in [-0.39, 0.29) is 17.4 Å². The zero-order valence-electron chi connectivity index (χ0n) is 9.89. The van der Waals surface area contributed by atoms with E-state index in [4.69, 9.17) is 11.6 Å². The van der Waals surface area contributed by atoms with E-state index in [1.54, 1.807) is 18.2 Å². The fourth-order valence-electron chi connectivity index (χ4n) is 2.15. The Bertz CT molecular complexity index is 530. The second-order valence-electron chi connectivity index (χ2n) is 4.65. The minimum atomic E-state index is -2.82. The van der Waals surface area contributed by atoms with Gasteiger partial charge < -0.3 is 10.4 Å². The number of phenolic OH excluding ortho intramolecular Hbond substituents is 1. The number of hydrogen-bond acceptors (Lipinski definition) is 4. The van der Waals surface area contributed by atoms with Crippen LogP contribution >= 0.6 is 11.6 Å². The zero-order chi connectivity index (χ0) is 13.2. The van der Waals surface area contributed by atoms with Crippen molar-refractivity contribution >= 4 is 21.4 Å². The fourth-order valence-corrected chi connectivity index (χ4v) is 4.20. The van der Waals surface area contributed by atoms with E-state index in [0.29, 0.717) is 23.9 Å². The van der Waals surface area contributed by atoms with Crippen LogP contribution in [0.15, 0.2) is 18.2 Å². The maximum absolute atomic E-state index is 11.3. The van der Waals surface area contributed by atoms with Crippen molar-refractivity contribution in [3.63, 3.8) is 0 Å². The molecule has 18 heavy (non-hydrogen) atoms. The van der Waals surface area contributed by atoms with Gasteiger partial charge in [0.05, 0.1) is 16.5 Å². The largest absolute Gasteiger partial charge is 0.506 e. The van der Waals surface area contributed by atoms with E-state index < -0.39 is 9.84 Å². The molecule has 2 N–H and O–H groups in total. The highest BCUT2D eigenvalue weighted by Gasteiger charge is 2.27. The standard InChI is InChI=1S/C12H16ClNO3S/c13-11-3-1-2-10(12(11)15)7-14-6-9-4-5-18(16,17)8-9/h1-3,9,14-15H,4-8H2. The molecule has 1 aromatic rings. The quantitative estimate of drug-likeness (QED) is 0.883. The van der Waals surface area contributed by atoms with Crippen LogP contribution in [0, 0.1) is 5.92 Å². The molecule has 1 atom stereocenters. The second-order valence-corrected chi connectivity index (χ2v) is 7.28. The molecule has 1 unspecified atom stereocenters. The molecule has 6 heteroatoms. The topological polar surface area (TPSA) is 66.4 Å². The molecule has 0 aromatic heterocycles. The number of aromatic hydroxyl groups is 1. The summed E-state index contributed by atoms with van der Waals surface area (Å²) in [5.41, 5.74) is 0.725. The van der Waals surface area contributed by atoms with Crippen molar-refractivity contribution in [2.24, 2.45) is 5.92 Å². The number of halogens is 1. The predicted molar refractivity (Wildman–Crippen MR) is 71.6 cm³/mol. The first-order chi connectivity index (χ1) is 8.48. The van der Waals surface area contributed by atoms with Crippen molar-refractivity contribution in [3.05, 3.63) is 28.8 Å². The van der Waals surface area contributed by atoms with Crippen LogP contribution in [0.4, 0.5) is 0 Å². The van der Waals surface area contributed by atoms with Crippen LogP contribution in [-0.4, -0.2) is 31.6 Å². The van der Waals surface area contributed by atoms with Gasteiger partial charge in [-0.3, -0.25) is 0 Å². The van der Waals surface area contributed by atoms with Crippen LogP contribution in [0.1, 0.15) is 12.0 Å². The Kier molecular flexibility index (Phi) is 4.14. The molecule has 0 amide bonds. The molecule has 4 nitrogen and oxygen atoms in total. The smallest absolute Gasteiger partial charge is 0.150 e. The number of hydrogen-bond donors (Lipinski definition) is 2. The molecule has 1 aliphatic rings. The average Bonchev–Trinajstić information content (AvgIpc) is 2.64. The molecule has 1 aliphatic heterocycles. The lowest BCUT2D eigenvalue weighted by atomic mass is 10.1. The van der Waals surface area contributed by atoms with Crippen LogP contribution in [0.2, 0.25) is 5.02 Å². The van der Waals surface area contributed by atoms with E-state index >= 15 is 0 Å². The Morgan fingerprint density at radius 1 is 1.44 bits per heavy atom.